The van der Waals surface area contributed by atoms with E-state index in [-0.39, 0.29) is 28.9 Å². The van der Waals surface area contributed by atoms with Gasteiger partial charge in [0.05, 0.1) is 34.1 Å². The van der Waals surface area contributed by atoms with Crippen molar-refractivity contribution in [2.24, 2.45) is 9.98 Å². The van der Waals surface area contributed by atoms with E-state index < -0.39 is 58.2 Å². The lowest BCUT2D eigenvalue weighted by atomic mass is 9.79. The van der Waals surface area contributed by atoms with Crippen molar-refractivity contribution in [1.82, 2.24) is 10.5 Å². The number of rotatable bonds is 4. The molecule has 1 N–H and O–H groups in total. The first kappa shape index (κ1) is 30.0. The Hall–Kier alpha value is -5.33. The summed E-state index contributed by atoms with van der Waals surface area (Å²) in [6, 6.07) is 12.7. The van der Waals surface area contributed by atoms with Crippen LogP contribution in [0.2, 0.25) is 0 Å². The van der Waals surface area contributed by atoms with Crippen molar-refractivity contribution in [3.05, 3.63) is 136 Å². The average Bonchev–Trinajstić information content (AvgIpc) is 3.82. The van der Waals surface area contributed by atoms with E-state index in [1.165, 1.54) is 6.07 Å². The van der Waals surface area contributed by atoms with Gasteiger partial charge >= 0.3 is 12.4 Å². The lowest BCUT2D eigenvalue weighted by molar-refractivity contribution is -0.142. The number of nitrogens with one attached hydrogen (secondary N) is 1. The number of allylic oxidation sites excluding steroid dienone is 2. The molecular weight excluding hydrogens is 644 g/mol. The Bertz CT molecular complexity index is 2170. The summed E-state index contributed by atoms with van der Waals surface area (Å²) in [5, 5.41) is 6.98. The number of aliphatic imine (C=N–C) groups is 2. The Kier molecular flexibility index (Phi) is 6.47. The number of benzene rings is 3. The Morgan fingerprint density at radius 1 is 0.875 bits per heavy atom. The Labute approximate surface area is 266 Å². The molecule has 0 saturated carbocycles. The molecule has 3 heterocycles. The summed E-state index contributed by atoms with van der Waals surface area (Å²) >= 11 is 0. The lowest BCUT2D eigenvalue weighted by Gasteiger charge is -2.27. The van der Waals surface area contributed by atoms with Gasteiger partial charge in [-0.1, -0.05) is 41.6 Å². The van der Waals surface area contributed by atoms with Gasteiger partial charge in [-0.15, -0.1) is 0 Å². The van der Waals surface area contributed by atoms with Crippen LogP contribution in [0.4, 0.5) is 35.1 Å². The van der Waals surface area contributed by atoms with Crippen LogP contribution < -0.4 is 5.32 Å². The fourth-order valence-corrected chi connectivity index (χ4v) is 6.90. The van der Waals surface area contributed by atoms with E-state index in [0.717, 1.165) is 35.4 Å². The van der Waals surface area contributed by atoms with Crippen LogP contribution in [-0.2, 0) is 12.4 Å². The highest BCUT2D eigenvalue weighted by atomic mass is 19.4. The minimum atomic E-state index is -5.10. The maximum Gasteiger partial charge on any atom is 0.417 e. The van der Waals surface area contributed by atoms with Crippen LogP contribution >= 0.6 is 0 Å². The summed E-state index contributed by atoms with van der Waals surface area (Å²) < 4.78 is 116. The maximum atomic E-state index is 14.8. The largest absolute Gasteiger partial charge is 0.417 e. The normalized spacial score (nSPS) is 22.8. The molecule has 0 saturated heterocycles. The van der Waals surface area contributed by atoms with Crippen molar-refractivity contribution in [1.29, 1.82) is 0 Å². The third-order valence-corrected chi connectivity index (χ3v) is 9.02. The molecule has 48 heavy (non-hydrogen) atoms. The second-order valence-corrected chi connectivity index (χ2v) is 11.8. The molecule has 0 radical (unpaired) electrons. The third kappa shape index (κ3) is 4.70. The van der Waals surface area contributed by atoms with E-state index in [0.29, 0.717) is 29.5 Å². The average molecular weight is 665 g/mol. The highest BCUT2D eigenvalue weighted by Gasteiger charge is 2.53. The second kappa shape index (κ2) is 10.3. The zero-order chi connectivity index (χ0) is 33.6. The summed E-state index contributed by atoms with van der Waals surface area (Å²) in [4.78, 5) is 9.89. The molecule has 0 amide bonds. The summed E-state index contributed by atoms with van der Waals surface area (Å²) in [7, 11) is 0. The van der Waals surface area contributed by atoms with Crippen LogP contribution in [0.3, 0.4) is 0 Å². The van der Waals surface area contributed by atoms with Crippen molar-refractivity contribution in [3.8, 4) is 11.3 Å². The second-order valence-electron chi connectivity index (χ2n) is 11.8. The number of nitrogens with zero attached hydrogens (tertiary/aromatic N) is 3. The van der Waals surface area contributed by atoms with Crippen LogP contribution in [0.5, 0.6) is 0 Å². The number of hydrogen-bond acceptors (Lipinski definition) is 5. The smallest absolute Gasteiger partial charge is 0.356 e. The van der Waals surface area contributed by atoms with Gasteiger partial charge in [-0.2, -0.15) is 26.3 Å². The first-order chi connectivity index (χ1) is 22.8. The zero-order valence-electron chi connectivity index (χ0n) is 24.3. The molecule has 4 aliphatic rings. The molecule has 1 aromatic heterocycles. The van der Waals surface area contributed by atoms with Gasteiger partial charge in [0.2, 0.25) is 0 Å². The number of fused-ring (bicyclic) bond motifs is 1. The van der Waals surface area contributed by atoms with Gasteiger partial charge in [0.15, 0.2) is 5.76 Å². The minimum absolute atomic E-state index is 0.0371. The van der Waals surface area contributed by atoms with Crippen LogP contribution in [-0.4, -0.2) is 28.3 Å². The van der Waals surface area contributed by atoms with Crippen LogP contribution in [0.15, 0.2) is 105 Å². The quantitative estimate of drug-likeness (QED) is 0.222. The summed E-state index contributed by atoms with van der Waals surface area (Å²) in [6.07, 6.45) is -2.60. The van der Waals surface area contributed by atoms with Gasteiger partial charge in [-0.3, -0.25) is 4.99 Å². The molecule has 0 fully saturated rings. The minimum Gasteiger partial charge on any atom is -0.356 e. The van der Waals surface area contributed by atoms with E-state index in [1.807, 2.05) is 30.3 Å². The number of halogens is 8. The molecule has 3 atom stereocenters. The third-order valence-electron chi connectivity index (χ3n) is 9.02. The van der Waals surface area contributed by atoms with Crippen molar-refractivity contribution in [2.75, 3.05) is 0 Å². The molecule has 13 heteroatoms. The fraction of sp³-hybridized carbons (Fsp3) is 0.171. The topological polar surface area (TPSA) is 62.8 Å². The lowest BCUT2D eigenvalue weighted by Crippen LogP contribution is -2.37. The van der Waals surface area contributed by atoms with E-state index in [1.54, 1.807) is 18.2 Å². The summed E-state index contributed by atoms with van der Waals surface area (Å²) in [5.74, 6) is -1.50. The van der Waals surface area contributed by atoms with Crippen LogP contribution in [0.1, 0.15) is 45.9 Å². The van der Waals surface area contributed by atoms with E-state index >= 15 is 0 Å². The van der Waals surface area contributed by atoms with Crippen molar-refractivity contribution in [3.63, 3.8) is 0 Å². The highest BCUT2D eigenvalue weighted by molar-refractivity contribution is 6.15. The molecule has 8 rings (SSSR count). The predicted octanol–water partition coefficient (Wildman–Crippen LogP) is 8.75. The molecule has 1 spiro atoms. The SMILES string of the molecule is Fc1ccc(F)c(C2=NC34CC(C5C(c6cc(-c7ccc(C(F)(F)F)cc7C(F)(F)F)no6)=Cc6ccccc65)N=C3C=CC=C4N2)c1. The first-order valence-corrected chi connectivity index (χ1v) is 14.7. The van der Waals surface area contributed by atoms with Gasteiger partial charge in [-0.25, -0.2) is 13.8 Å². The van der Waals surface area contributed by atoms with Gasteiger partial charge in [-0.05, 0) is 59.7 Å². The van der Waals surface area contributed by atoms with Gasteiger partial charge in [0, 0.05) is 29.5 Å². The number of hydrogen-bond donors (Lipinski definition) is 1. The van der Waals surface area contributed by atoms with Crippen molar-refractivity contribution in [2.45, 2.75) is 36.3 Å². The molecule has 0 bridgehead atoms. The Balaban J connectivity index is 1.18. The fourth-order valence-electron chi connectivity index (χ4n) is 6.90. The molecule has 242 valence electrons. The molecule has 5 nitrogen and oxygen atoms in total. The first-order valence-electron chi connectivity index (χ1n) is 14.7. The monoisotopic (exact) mass is 664 g/mol. The molecule has 4 aromatic rings. The number of aromatic nitrogens is 1. The molecule has 3 aromatic carbocycles. The van der Waals surface area contributed by atoms with Crippen LogP contribution in [0, 0.1) is 11.6 Å². The molecule has 3 unspecified atom stereocenters. The van der Waals surface area contributed by atoms with Crippen molar-refractivity contribution >= 4 is 23.2 Å². The van der Waals surface area contributed by atoms with Crippen LogP contribution in [0.25, 0.3) is 22.9 Å². The predicted molar refractivity (Wildman–Crippen MR) is 161 cm³/mol. The Morgan fingerprint density at radius 3 is 2.48 bits per heavy atom. The maximum absolute atomic E-state index is 14.8. The van der Waals surface area contributed by atoms with Gasteiger partial charge in [0.1, 0.15) is 28.7 Å². The van der Waals surface area contributed by atoms with E-state index in [9.17, 15) is 35.1 Å². The number of alkyl halides is 6. The van der Waals surface area contributed by atoms with E-state index in [4.69, 9.17) is 14.5 Å². The Morgan fingerprint density at radius 2 is 1.69 bits per heavy atom. The summed E-state index contributed by atoms with van der Waals surface area (Å²) in [6.45, 7) is 0. The van der Waals surface area contributed by atoms with E-state index in [2.05, 4.69) is 10.5 Å². The molecule has 2 aliphatic carbocycles. The van der Waals surface area contributed by atoms with Crippen molar-refractivity contribution < 1.29 is 39.6 Å². The zero-order valence-corrected chi connectivity index (χ0v) is 24.3. The standard InChI is InChI=1S/C35H20F8N4O/c36-19-9-11-25(37)22(14-19)32-45-30-7-3-6-29-33(30,46-32)16-27(44-29)31-20-5-2-1-4-17(20)12-23(31)28-15-26(47-48-28)21-10-8-18(34(38,39)40)13-24(21)35(41,42)43/h1-15,27,31H,16H2,(H,45,46). The highest BCUT2D eigenvalue weighted by Crippen LogP contribution is 2.52. The molecular formula is C35H20F8N4O. The van der Waals surface area contributed by atoms with Gasteiger partial charge < -0.3 is 9.84 Å². The number of amidine groups is 1. The van der Waals surface area contributed by atoms with Gasteiger partial charge in [0.25, 0.3) is 0 Å². The summed E-state index contributed by atoms with van der Waals surface area (Å²) in [5.41, 5.74) is -1.39. The molecule has 2 aliphatic heterocycles.